The molecule has 0 spiro atoms. The lowest BCUT2D eigenvalue weighted by molar-refractivity contribution is 0.355. The molecule has 0 saturated heterocycles. The highest BCUT2D eigenvalue weighted by atomic mass is 16.5. The third-order valence-corrected chi connectivity index (χ3v) is 2.88. The van der Waals surface area contributed by atoms with Crippen molar-refractivity contribution in [3.8, 4) is 23.0 Å². The van der Waals surface area contributed by atoms with Gasteiger partial charge in [-0.05, 0) is 33.8 Å². The maximum Gasteiger partial charge on any atom is 0.278 e. The van der Waals surface area contributed by atoms with Crippen LogP contribution in [0.5, 0.6) is 0 Å². The van der Waals surface area contributed by atoms with E-state index < -0.39 is 0 Å². The molecule has 1 N–H and O–H groups in total. The van der Waals surface area contributed by atoms with E-state index in [0.29, 0.717) is 17.4 Å². The van der Waals surface area contributed by atoms with E-state index in [1.807, 2.05) is 23.9 Å². The van der Waals surface area contributed by atoms with Crippen LogP contribution in [0.15, 0.2) is 23.0 Å². The summed E-state index contributed by atoms with van der Waals surface area (Å²) in [6.07, 6.45) is 3.64. The molecule has 0 amide bonds. The van der Waals surface area contributed by atoms with Gasteiger partial charge in [0.15, 0.2) is 5.69 Å². The number of nitrogens with zero attached hydrogens (tertiary/aromatic N) is 5. The highest BCUT2D eigenvalue weighted by Crippen LogP contribution is 2.22. The molecule has 0 unspecified atom stereocenters. The topological polar surface area (TPSA) is 85.4 Å². The van der Waals surface area contributed by atoms with Crippen molar-refractivity contribution in [2.24, 2.45) is 0 Å². The van der Waals surface area contributed by atoms with Crippen molar-refractivity contribution < 1.29 is 4.52 Å². The monoisotopic (exact) mass is 272 g/mol. The Morgan fingerprint density at radius 2 is 2.10 bits per heavy atom. The first-order chi connectivity index (χ1) is 9.43. The van der Waals surface area contributed by atoms with Gasteiger partial charge in [-0.3, -0.25) is 9.78 Å². The first-order valence-electron chi connectivity index (χ1n) is 6.35. The quantitative estimate of drug-likeness (QED) is 0.774. The Kier molecular flexibility index (Phi) is 2.70. The molecule has 0 fully saturated rings. The van der Waals surface area contributed by atoms with Crippen LogP contribution >= 0.6 is 0 Å². The van der Waals surface area contributed by atoms with Crippen LogP contribution in [0.3, 0.4) is 0 Å². The number of hydrogen-bond donors (Lipinski definition) is 1. The minimum Gasteiger partial charge on any atom is -0.332 e. The third kappa shape index (κ3) is 2.22. The molecule has 0 aromatic carbocycles. The van der Waals surface area contributed by atoms with Crippen LogP contribution in [-0.4, -0.2) is 30.1 Å². The SMILES string of the molecule is Cc1cc(-c2nc(-c3cnn(C(C)(C)C)c3)no2)n[nH]1. The molecule has 7 nitrogen and oxygen atoms in total. The lowest BCUT2D eigenvalue weighted by Crippen LogP contribution is -2.21. The summed E-state index contributed by atoms with van der Waals surface area (Å²) in [5, 5.41) is 15.2. The van der Waals surface area contributed by atoms with E-state index in [2.05, 4.69) is 46.2 Å². The maximum absolute atomic E-state index is 5.23. The van der Waals surface area contributed by atoms with Crippen LogP contribution in [-0.2, 0) is 5.54 Å². The Labute approximate surface area is 116 Å². The zero-order chi connectivity index (χ0) is 14.3. The van der Waals surface area contributed by atoms with Gasteiger partial charge in [-0.1, -0.05) is 5.16 Å². The molecule has 0 radical (unpaired) electrons. The fourth-order valence-electron chi connectivity index (χ4n) is 1.78. The zero-order valence-electron chi connectivity index (χ0n) is 11.9. The summed E-state index contributed by atoms with van der Waals surface area (Å²) < 4.78 is 7.10. The molecule has 0 saturated carbocycles. The first kappa shape index (κ1) is 12.6. The molecule has 0 aliphatic rings. The molecule has 0 aliphatic heterocycles. The van der Waals surface area contributed by atoms with Crippen LogP contribution in [0.25, 0.3) is 23.0 Å². The van der Waals surface area contributed by atoms with Crippen molar-refractivity contribution in [1.82, 2.24) is 30.1 Å². The number of rotatable bonds is 2. The van der Waals surface area contributed by atoms with Gasteiger partial charge in [0.2, 0.25) is 5.82 Å². The van der Waals surface area contributed by atoms with Crippen molar-refractivity contribution in [1.29, 1.82) is 0 Å². The molecule has 20 heavy (non-hydrogen) atoms. The van der Waals surface area contributed by atoms with E-state index in [1.165, 1.54) is 0 Å². The van der Waals surface area contributed by atoms with E-state index in [-0.39, 0.29) is 5.54 Å². The van der Waals surface area contributed by atoms with Gasteiger partial charge in [-0.15, -0.1) is 0 Å². The van der Waals surface area contributed by atoms with Crippen molar-refractivity contribution in [3.63, 3.8) is 0 Å². The minimum atomic E-state index is -0.0792. The second kappa shape index (κ2) is 4.29. The van der Waals surface area contributed by atoms with Gasteiger partial charge < -0.3 is 4.52 Å². The van der Waals surface area contributed by atoms with Crippen molar-refractivity contribution in [2.45, 2.75) is 33.2 Å². The second-order valence-corrected chi connectivity index (χ2v) is 5.70. The fraction of sp³-hybridized carbons (Fsp3) is 0.385. The first-order valence-corrected chi connectivity index (χ1v) is 6.35. The lowest BCUT2D eigenvalue weighted by Gasteiger charge is -2.18. The van der Waals surface area contributed by atoms with Gasteiger partial charge in [-0.25, -0.2) is 0 Å². The van der Waals surface area contributed by atoms with Gasteiger partial charge in [0.25, 0.3) is 5.89 Å². The van der Waals surface area contributed by atoms with Crippen LogP contribution in [0, 0.1) is 6.92 Å². The number of hydrogen-bond acceptors (Lipinski definition) is 5. The summed E-state index contributed by atoms with van der Waals surface area (Å²) in [5.74, 6) is 0.906. The van der Waals surface area contributed by atoms with Crippen LogP contribution in [0.1, 0.15) is 26.5 Å². The summed E-state index contributed by atoms with van der Waals surface area (Å²) >= 11 is 0. The zero-order valence-corrected chi connectivity index (χ0v) is 11.9. The highest BCUT2D eigenvalue weighted by Gasteiger charge is 2.18. The average Bonchev–Trinajstić information content (AvgIpc) is 3.06. The number of H-pyrrole nitrogens is 1. The molecule has 3 aromatic heterocycles. The van der Waals surface area contributed by atoms with Crippen LogP contribution in [0.4, 0.5) is 0 Å². The van der Waals surface area contributed by atoms with E-state index in [1.54, 1.807) is 6.20 Å². The standard InChI is InChI=1S/C13H16N6O/c1-8-5-10(17-16-8)12-15-11(18-20-12)9-6-14-19(7-9)13(2,3)4/h5-7H,1-4H3,(H,16,17). The molecule has 104 valence electrons. The molecule has 3 heterocycles. The third-order valence-electron chi connectivity index (χ3n) is 2.88. The number of nitrogens with one attached hydrogen (secondary N) is 1. The van der Waals surface area contributed by atoms with Gasteiger partial charge in [0, 0.05) is 11.9 Å². The summed E-state index contributed by atoms with van der Waals surface area (Å²) in [7, 11) is 0. The van der Waals surface area contributed by atoms with Gasteiger partial charge in [-0.2, -0.15) is 15.2 Å². The number of aryl methyl sites for hydroxylation is 1. The molecule has 0 atom stereocenters. The molecule has 3 aromatic rings. The Bertz CT molecular complexity index is 730. The van der Waals surface area contributed by atoms with E-state index in [0.717, 1.165) is 11.3 Å². The van der Waals surface area contributed by atoms with E-state index in [4.69, 9.17) is 4.52 Å². The van der Waals surface area contributed by atoms with E-state index >= 15 is 0 Å². The van der Waals surface area contributed by atoms with Crippen molar-refractivity contribution >= 4 is 0 Å². The summed E-state index contributed by atoms with van der Waals surface area (Å²) in [4.78, 5) is 4.35. The Balaban J connectivity index is 1.92. The Morgan fingerprint density at radius 1 is 1.30 bits per heavy atom. The normalized spacial score (nSPS) is 12.0. The van der Waals surface area contributed by atoms with Crippen LogP contribution < -0.4 is 0 Å². The predicted molar refractivity (Wildman–Crippen MR) is 72.8 cm³/mol. The van der Waals surface area contributed by atoms with Crippen LogP contribution in [0.2, 0.25) is 0 Å². The fourth-order valence-corrected chi connectivity index (χ4v) is 1.78. The van der Waals surface area contributed by atoms with Gasteiger partial charge >= 0.3 is 0 Å². The molecular formula is C13H16N6O. The summed E-state index contributed by atoms with van der Waals surface area (Å²) in [6.45, 7) is 8.16. The lowest BCUT2D eigenvalue weighted by atomic mass is 10.1. The maximum atomic E-state index is 5.23. The molecule has 0 bridgehead atoms. The summed E-state index contributed by atoms with van der Waals surface area (Å²) in [5.41, 5.74) is 2.33. The summed E-state index contributed by atoms with van der Waals surface area (Å²) in [6, 6.07) is 1.86. The van der Waals surface area contributed by atoms with Gasteiger partial charge in [0.1, 0.15) is 0 Å². The predicted octanol–water partition coefficient (Wildman–Crippen LogP) is 2.39. The number of aromatic amines is 1. The second-order valence-electron chi connectivity index (χ2n) is 5.70. The smallest absolute Gasteiger partial charge is 0.278 e. The highest BCUT2D eigenvalue weighted by molar-refractivity contribution is 5.56. The minimum absolute atomic E-state index is 0.0792. The Hall–Kier alpha value is -2.44. The molecule has 3 rings (SSSR count). The van der Waals surface area contributed by atoms with Crippen molar-refractivity contribution in [3.05, 3.63) is 24.2 Å². The van der Waals surface area contributed by atoms with Crippen molar-refractivity contribution in [2.75, 3.05) is 0 Å². The number of aromatic nitrogens is 6. The van der Waals surface area contributed by atoms with Gasteiger partial charge in [0.05, 0.1) is 17.3 Å². The molecule has 7 heteroatoms. The Morgan fingerprint density at radius 3 is 2.70 bits per heavy atom. The molecular weight excluding hydrogens is 256 g/mol. The molecule has 0 aliphatic carbocycles. The largest absolute Gasteiger partial charge is 0.332 e. The van der Waals surface area contributed by atoms with E-state index in [9.17, 15) is 0 Å². The average molecular weight is 272 g/mol.